The van der Waals surface area contributed by atoms with Gasteiger partial charge in [0.05, 0.1) is 5.69 Å². The van der Waals surface area contributed by atoms with Crippen LogP contribution in [0.5, 0.6) is 0 Å². The standard InChI is InChI=1S/C13H14FN3OS2/c1-19-7-11-8-20-13(16-11)17-12(18)15-6-9-2-4-10(14)5-3-9/h2-5,8H,6-7H2,1H3,(H2,15,16,17,18). The van der Waals surface area contributed by atoms with Crippen molar-refractivity contribution in [3.63, 3.8) is 0 Å². The quantitative estimate of drug-likeness (QED) is 0.889. The van der Waals surface area contributed by atoms with Crippen LogP contribution in [0.4, 0.5) is 14.3 Å². The summed E-state index contributed by atoms with van der Waals surface area (Å²) in [6.45, 7) is 0.342. The number of aromatic nitrogens is 1. The van der Waals surface area contributed by atoms with Crippen LogP contribution < -0.4 is 10.6 Å². The molecule has 0 unspecified atom stereocenters. The lowest BCUT2D eigenvalue weighted by molar-refractivity contribution is 0.251. The molecule has 0 aliphatic heterocycles. The van der Waals surface area contributed by atoms with Crippen LogP contribution in [0.25, 0.3) is 0 Å². The van der Waals surface area contributed by atoms with E-state index in [1.807, 2.05) is 11.6 Å². The van der Waals surface area contributed by atoms with Gasteiger partial charge in [-0.15, -0.1) is 11.3 Å². The number of nitrogens with zero attached hydrogens (tertiary/aromatic N) is 1. The van der Waals surface area contributed by atoms with E-state index in [9.17, 15) is 9.18 Å². The molecule has 0 fully saturated rings. The van der Waals surface area contributed by atoms with E-state index >= 15 is 0 Å². The van der Waals surface area contributed by atoms with Gasteiger partial charge >= 0.3 is 6.03 Å². The maximum absolute atomic E-state index is 12.7. The second-order valence-electron chi connectivity index (χ2n) is 4.01. The molecule has 0 spiro atoms. The number of anilines is 1. The Morgan fingerprint density at radius 3 is 2.85 bits per heavy atom. The second kappa shape index (κ2) is 7.25. The summed E-state index contributed by atoms with van der Waals surface area (Å²) < 4.78 is 12.7. The van der Waals surface area contributed by atoms with Crippen molar-refractivity contribution < 1.29 is 9.18 Å². The van der Waals surface area contributed by atoms with Crippen LogP contribution in [0.3, 0.4) is 0 Å². The van der Waals surface area contributed by atoms with Gasteiger partial charge in [0.25, 0.3) is 0 Å². The Hall–Kier alpha value is -1.60. The number of hydrogen-bond acceptors (Lipinski definition) is 4. The van der Waals surface area contributed by atoms with Gasteiger partial charge in [0.15, 0.2) is 5.13 Å². The van der Waals surface area contributed by atoms with E-state index in [1.165, 1.54) is 23.5 Å². The number of thiazole rings is 1. The van der Waals surface area contributed by atoms with E-state index in [2.05, 4.69) is 15.6 Å². The van der Waals surface area contributed by atoms with E-state index in [4.69, 9.17) is 0 Å². The summed E-state index contributed by atoms with van der Waals surface area (Å²) in [6, 6.07) is 5.68. The van der Waals surface area contributed by atoms with E-state index < -0.39 is 0 Å². The van der Waals surface area contributed by atoms with Crippen molar-refractivity contribution in [2.45, 2.75) is 12.3 Å². The minimum atomic E-state index is -0.320. The molecule has 106 valence electrons. The van der Waals surface area contributed by atoms with Crippen molar-refractivity contribution in [2.24, 2.45) is 0 Å². The monoisotopic (exact) mass is 311 g/mol. The number of nitrogens with one attached hydrogen (secondary N) is 2. The molecule has 1 heterocycles. The number of urea groups is 1. The maximum atomic E-state index is 12.7. The molecule has 1 aromatic heterocycles. The third-order valence-corrected chi connectivity index (χ3v) is 3.82. The largest absolute Gasteiger partial charge is 0.334 e. The SMILES string of the molecule is CSCc1csc(NC(=O)NCc2ccc(F)cc2)n1. The Morgan fingerprint density at radius 1 is 1.40 bits per heavy atom. The van der Waals surface area contributed by atoms with Crippen LogP contribution in [0.1, 0.15) is 11.3 Å². The average Bonchev–Trinajstić information content (AvgIpc) is 2.86. The molecular formula is C13H14FN3OS2. The van der Waals surface area contributed by atoms with E-state index in [0.717, 1.165) is 17.0 Å². The highest BCUT2D eigenvalue weighted by atomic mass is 32.2. The van der Waals surface area contributed by atoms with Crippen LogP contribution in [0.2, 0.25) is 0 Å². The van der Waals surface area contributed by atoms with Gasteiger partial charge in [-0.25, -0.2) is 14.2 Å². The highest BCUT2D eigenvalue weighted by molar-refractivity contribution is 7.97. The third-order valence-electron chi connectivity index (χ3n) is 2.43. The highest BCUT2D eigenvalue weighted by Crippen LogP contribution is 2.18. The third kappa shape index (κ3) is 4.50. The van der Waals surface area contributed by atoms with Crippen LogP contribution in [0.15, 0.2) is 29.6 Å². The van der Waals surface area contributed by atoms with Gasteiger partial charge in [-0.05, 0) is 24.0 Å². The van der Waals surface area contributed by atoms with Gasteiger partial charge in [-0.1, -0.05) is 12.1 Å². The van der Waals surface area contributed by atoms with E-state index in [0.29, 0.717) is 11.7 Å². The molecule has 7 heteroatoms. The molecule has 2 N–H and O–H groups in total. The lowest BCUT2D eigenvalue weighted by atomic mass is 10.2. The smallest absolute Gasteiger partial charge is 0.321 e. The molecule has 4 nitrogen and oxygen atoms in total. The van der Waals surface area contributed by atoms with Crippen LogP contribution in [0, 0.1) is 5.82 Å². The van der Waals surface area contributed by atoms with Gasteiger partial charge in [0.1, 0.15) is 5.82 Å². The molecular weight excluding hydrogens is 297 g/mol. The fraction of sp³-hybridized carbons (Fsp3) is 0.231. The summed E-state index contributed by atoms with van der Waals surface area (Å²) in [4.78, 5) is 16.0. The van der Waals surface area contributed by atoms with Gasteiger partial charge < -0.3 is 5.32 Å². The Balaban J connectivity index is 1.81. The predicted octanol–water partition coefficient (Wildman–Crippen LogP) is 3.47. The summed E-state index contributed by atoms with van der Waals surface area (Å²) in [5.74, 6) is 0.539. The number of hydrogen-bond donors (Lipinski definition) is 2. The van der Waals surface area contributed by atoms with Crippen molar-refractivity contribution in [1.29, 1.82) is 0 Å². The Kier molecular flexibility index (Phi) is 5.37. The average molecular weight is 311 g/mol. The summed E-state index contributed by atoms with van der Waals surface area (Å²) >= 11 is 3.08. The van der Waals surface area contributed by atoms with Crippen molar-refractivity contribution in [1.82, 2.24) is 10.3 Å². The fourth-order valence-corrected chi connectivity index (χ4v) is 2.76. The normalized spacial score (nSPS) is 10.3. The molecule has 0 radical (unpaired) electrons. The predicted molar refractivity (Wildman–Crippen MR) is 81.6 cm³/mol. The maximum Gasteiger partial charge on any atom is 0.321 e. The number of thioether (sulfide) groups is 1. The molecule has 0 aliphatic rings. The number of carbonyl (C=O) groups is 1. The molecule has 0 saturated heterocycles. The van der Waals surface area contributed by atoms with Crippen molar-refractivity contribution in [3.05, 3.63) is 46.7 Å². The summed E-state index contributed by atoms with van der Waals surface area (Å²) in [7, 11) is 0. The number of halogens is 1. The fourth-order valence-electron chi connectivity index (χ4n) is 1.50. The molecule has 2 amide bonds. The lowest BCUT2D eigenvalue weighted by Crippen LogP contribution is -2.28. The van der Waals surface area contributed by atoms with Crippen LogP contribution in [-0.4, -0.2) is 17.3 Å². The molecule has 0 saturated carbocycles. The summed E-state index contributed by atoms with van der Waals surface area (Å²) in [6.07, 6.45) is 2.00. The highest BCUT2D eigenvalue weighted by Gasteiger charge is 2.06. The Bertz CT molecular complexity index is 571. The van der Waals surface area contributed by atoms with E-state index in [1.54, 1.807) is 23.9 Å². The van der Waals surface area contributed by atoms with Crippen molar-refractivity contribution in [3.8, 4) is 0 Å². The number of rotatable bonds is 5. The first-order valence-electron chi connectivity index (χ1n) is 5.90. The van der Waals surface area contributed by atoms with Crippen LogP contribution in [-0.2, 0) is 12.3 Å². The van der Waals surface area contributed by atoms with Crippen molar-refractivity contribution in [2.75, 3.05) is 11.6 Å². The van der Waals surface area contributed by atoms with Crippen molar-refractivity contribution >= 4 is 34.3 Å². The Labute approximate surface area is 124 Å². The first-order chi connectivity index (χ1) is 9.67. The molecule has 2 aromatic rings. The van der Waals surface area contributed by atoms with Gasteiger partial charge in [-0.2, -0.15) is 11.8 Å². The van der Waals surface area contributed by atoms with Gasteiger partial charge in [0, 0.05) is 17.7 Å². The van der Waals surface area contributed by atoms with Gasteiger partial charge in [-0.3, -0.25) is 5.32 Å². The molecule has 0 aliphatic carbocycles. The molecule has 1 aromatic carbocycles. The lowest BCUT2D eigenvalue weighted by Gasteiger charge is -2.05. The Morgan fingerprint density at radius 2 is 2.15 bits per heavy atom. The van der Waals surface area contributed by atoms with E-state index in [-0.39, 0.29) is 11.8 Å². The number of benzene rings is 1. The molecule has 0 atom stereocenters. The second-order valence-corrected chi connectivity index (χ2v) is 5.74. The summed E-state index contributed by atoms with van der Waals surface area (Å²) in [5.41, 5.74) is 1.79. The first kappa shape index (κ1) is 14.8. The zero-order valence-electron chi connectivity index (χ0n) is 10.9. The summed E-state index contributed by atoms with van der Waals surface area (Å²) in [5, 5.41) is 7.87. The zero-order valence-corrected chi connectivity index (χ0v) is 12.5. The first-order valence-corrected chi connectivity index (χ1v) is 8.17. The number of amides is 2. The topological polar surface area (TPSA) is 54.0 Å². The molecule has 20 heavy (non-hydrogen) atoms. The molecule has 2 rings (SSSR count). The minimum absolute atomic E-state index is 0.290. The van der Waals surface area contributed by atoms with Crippen LogP contribution >= 0.6 is 23.1 Å². The van der Waals surface area contributed by atoms with Gasteiger partial charge in [0.2, 0.25) is 0 Å². The zero-order chi connectivity index (χ0) is 14.4. The number of carbonyl (C=O) groups excluding carboxylic acids is 1. The molecule has 0 bridgehead atoms. The minimum Gasteiger partial charge on any atom is -0.334 e.